The minimum Gasteiger partial charge on any atom is -0.506 e. The first-order chi connectivity index (χ1) is 15.1. The van der Waals surface area contributed by atoms with E-state index >= 15 is 0 Å². The smallest absolute Gasteiger partial charge is 0.357 e. The molecule has 0 unspecified atom stereocenters. The number of esters is 2. The third kappa shape index (κ3) is 3.60. The van der Waals surface area contributed by atoms with Crippen LogP contribution in [-0.2, 0) is 9.47 Å². The number of nitro groups is 1. The Balaban J connectivity index is 2.53. The van der Waals surface area contributed by atoms with E-state index in [4.69, 9.17) is 9.47 Å². The van der Waals surface area contributed by atoms with E-state index in [1.165, 1.54) is 18.5 Å². The van der Waals surface area contributed by atoms with Gasteiger partial charge in [0, 0.05) is 11.1 Å². The molecule has 0 aliphatic carbocycles. The fourth-order valence-corrected chi connectivity index (χ4v) is 3.85. The van der Waals surface area contributed by atoms with Crippen molar-refractivity contribution in [2.75, 3.05) is 14.2 Å². The zero-order valence-electron chi connectivity index (χ0n) is 17.5. The van der Waals surface area contributed by atoms with E-state index in [2.05, 4.69) is 21.0 Å². The molecule has 3 aromatic rings. The Morgan fingerprint density at radius 3 is 2.22 bits per heavy atom. The van der Waals surface area contributed by atoms with Crippen LogP contribution < -0.4 is 0 Å². The van der Waals surface area contributed by atoms with Crippen LogP contribution in [-0.4, -0.2) is 46.0 Å². The van der Waals surface area contributed by atoms with Crippen LogP contribution in [0.25, 0.3) is 16.9 Å². The molecule has 0 aliphatic heterocycles. The van der Waals surface area contributed by atoms with Crippen molar-refractivity contribution in [3.8, 4) is 22.7 Å². The molecular weight excluding hydrogens is 486 g/mol. The van der Waals surface area contributed by atoms with Crippen molar-refractivity contribution in [2.45, 2.75) is 13.8 Å². The predicted octanol–water partition coefficient (Wildman–Crippen LogP) is 4.11. The van der Waals surface area contributed by atoms with Crippen molar-refractivity contribution < 1.29 is 29.1 Å². The Morgan fingerprint density at radius 2 is 1.69 bits per heavy atom. The number of phenols is 1. The summed E-state index contributed by atoms with van der Waals surface area (Å²) in [5.41, 5.74) is -0.396. The minimum atomic E-state index is -0.930. The zero-order valence-corrected chi connectivity index (χ0v) is 19.1. The molecule has 0 spiro atoms. The highest BCUT2D eigenvalue weighted by Crippen LogP contribution is 2.46. The fraction of sp³-hybridized carbons (Fsp3) is 0.190. The molecule has 0 aliphatic rings. The van der Waals surface area contributed by atoms with E-state index in [0.717, 1.165) is 14.2 Å². The molecular formula is C21H18BrN3O7. The Labute approximate surface area is 190 Å². The van der Waals surface area contributed by atoms with Gasteiger partial charge in [0.15, 0.2) is 5.69 Å². The number of nitrogens with zero attached hydrogens (tertiary/aromatic N) is 3. The highest BCUT2D eigenvalue weighted by atomic mass is 79.9. The van der Waals surface area contributed by atoms with Crippen LogP contribution in [0.4, 0.5) is 5.69 Å². The monoisotopic (exact) mass is 503 g/mol. The molecule has 0 amide bonds. The Morgan fingerprint density at radius 1 is 1.09 bits per heavy atom. The molecule has 0 radical (unpaired) electrons. The van der Waals surface area contributed by atoms with Gasteiger partial charge in [-0.3, -0.25) is 10.1 Å². The van der Waals surface area contributed by atoms with Crippen LogP contribution >= 0.6 is 15.9 Å². The van der Waals surface area contributed by atoms with E-state index in [-0.39, 0.29) is 49.6 Å². The van der Waals surface area contributed by atoms with Crippen molar-refractivity contribution >= 4 is 33.6 Å². The average molecular weight is 504 g/mol. The predicted molar refractivity (Wildman–Crippen MR) is 117 cm³/mol. The molecule has 10 nitrogen and oxygen atoms in total. The van der Waals surface area contributed by atoms with Gasteiger partial charge in [-0.2, -0.15) is 5.10 Å². The quantitative estimate of drug-likeness (QED) is 0.312. The summed E-state index contributed by atoms with van der Waals surface area (Å²) in [7, 11) is 2.26. The number of phenolic OH excluding ortho intramolecular Hbond substituents is 1. The van der Waals surface area contributed by atoms with Crippen molar-refractivity contribution in [3.05, 3.63) is 67.3 Å². The van der Waals surface area contributed by atoms with E-state index in [9.17, 15) is 24.8 Å². The first-order valence-electron chi connectivity index (χ1n) is 9.17. The first-order valence-corrected chi connectivity index (χ1v) is 9.96. The standard InChI is InChI=1S/C21H18BrN3O7/c1-10-13(19(26)15(22)11(2)17(10)25(29)30)16-14(20(27)31-3)18(21(28)32-4)24(23-16)12-8-6-5-7-9-12/h5-9,26H,1-4H3. The summed E-state index contributed by atoms with van der Waals surface area (Å²) in [4.78, 5) is 36.6. The number of nitro benzene ring substituents is 1. The van der Waals surface area contributed by atoms with Crippen LogP contribution in [0.15, 0.2) is 34.8 Å². The molecule has 32 heavy (non-hydrogen) atoms. The van der Waals surface area contributed by atoms with Crippen molar-refractivity contribution in [2.24, 2.45) is 0 Å². The highest BCUT2D eigenvalue weighted by molar-refractivity contribution is 9.10. The molecule has 0 saturated carbocycles. The number of carbonyl (C=O) groups excluding carboxylic acids is 2. The molecule has 0 atom stereocenters. The number of ether oxygens (including phenoxy) is 2. The lowest BCUT2D eigenvalue weighted by Gasteiger charge is -2.13. The SMILES string of the molecule is COC(=O)c1c(-c2c(C)c([N+](=O)[O-])c(C)c(Br)c2O)nn(-c2ccccc2)c1C(=O)OC. The number of benzene rings is 2. The largest absolute Gasteiger partial charge is 0.506 e. The number of halogens is 1. The minimum absolute atomic E-state index is 0.0625. The third-order valence-electron chi connectivity index (χ3n) is 4.93. The summed E-state index contributed by atoms with van der Waals surface area (Å²) >= 11 is 3.18. The lowest BCUT2D eigenvalue weighted by Crippen LogP contribution is -2.15. The van der Waals surface area contributed by atoms with Gasteiger partial charge in [-0.1, -0.05) is 18.2 Å². The number of aromatic hydroxyl groups is 1. The maximum atomic E-state index is 12.8. The van der Waals surface area contributed by atoms with Gasteiger partial charge >= 0.3 is 11.9 Å². The van der Waals surface area contributed by atoms with Gasteiger partial charge in [-0.15, -0.1) is 0 Å². The normalized spacial score (nSPS) is 10.7. The van der Waals surface area contributed by atoms with Crippen LogP contribution in [0.5, 0.6) is 5.75 Å². The zero-order chi connectivity index (χ0) is 23.7. The Bertz CT molecular complexity index is 1250. The molecule has 3 rings (SSSR count). The van der Waals surface area contributed by atoms with Gasteiger partial charge in [0.2, 0.25) is 0 Å². The maximum Gasteiger partial charge on any atom is 0.357 e. The summed E-state index contributed by atoms with van der Waals surface area (Å²) in [5.74, 6) is -2.18. The molecule has 1 N–H and O–H groups in total. The molecule has 1 aromatic heterocycles. The van der Waals surface area contributed by atoms with Gasteiger partial charge in [-0.25, -0.2) is 14.3 Å². The maximum absolute atomic E-state index is 12.8. The molecule has 0 fully saturated rings. The summed E-state index contributed by atoms with van der Waals surface area (Å²) in [5, 5.41) is 27.0. The molecule has 0 saturated heterocycles. The molecule has 1 heterocycles. The fourth-order valence-electron chi connectivity index (χ4n) is 3.46. The average Bonchev–Trinajstić information content (AvgIpc) is 3.17. The van der Waals surface area contributed by atoms with Gasteiger partial charge < -0.3 is 14.6 Å². The lowest BCUT2D eigenvalue weighted by molar-refractivity contribution is -0.386. The van der Waals surface area contributed by atoms with Gasteiger partial charge in [0.05, 0.1) is 34.9 Å². The Kier molecular flexibility index (Phi) is 6.30. The second-order valence-corrected chi connectivity index (χ2v) is 7.49. The second kappa shape index (κ2) is 8.79. The number of rotatable bonds is 5. The first kappa shape index (κ1) is 22.9. The lowest BCUT2D eigenvalue weighted by atomic mass is 9.96. The van der Waals surface area contributed by atoms with Crippen LogP contribution in [0.1, 0.15) is 32.0 Å². The topological polar surface area (TPSA) is 134 Å². The van der Waals surface area contributed by atoms with Crippen molar-refractivity contribution in [1.29, 1.82) is 0 Å². The second-order valence-electron chi connectivity index (χ2n) is 6.70. The van der Waals surface area contributed by atoms with Gasteiger partial charge in [0.25, 0.3) is 5.69 Å². The van der Waals surface area contributed by atoms with E-state index in [1.807, 2.05) is 0 Å². The number of hydrogen-bond donors (Lipinski definition) is 1. The summed E-state index contributed by atoms with van der Waals surface area (Å²) in [6, 6.07) is 8.44. The number of carbonyl (C=O) groups is 2. The Hall–Kier alpha value is -3.73. The van der Waals surface area contributed by atoms with E-state index in [1.54, 1.807) is 30.3 Å². The molecule has 11 heteroatoms. The summed E-state index contributed by atoms with van der Waals surface area (Å²) in [6.45, 7) is 2.90. The van der Waals surface area contributed by atoms with Crippen molar-refractivity contribution in [1.82, 2.24) is 9.78 Å². The van der Waals surface area contributed by atoms with Crippen molar-refractivity contribution in [3.63, 3.8) is 0 Å². The highest BCUT2D eigenvalue weighted by Gasteiger charge is 2.35. The number of methoxy groups -OCH3 is 2. The van der Waals surface area contributed by atoms with E-state index in [0.29, 0.717) is 5.69 Å². The molecule has 2 aromatic carbocycles. The summed E-state index contributed by atoms with van der Waals surface area (Å²) in [6.07, 6.45) is 0. The number of para-hydroxylation sites is 1. The van der Waals surface area contributed by atoms with Crippen LogP contribution in [0, 0.1) is 24.0 Å². The van der Waals surface area contributed by atoms with Crippen LogP contribution in [0.3, 0.4) is 0 Å². The van der Waals surface area contributed by atoms with Gasteiger partial charge in [0.1, 0.15) is 17.0 Å². The molecule has 0 bridgehead atoms. The summed E-state index contributed by atoms with van der Waals surface area (Å²) < 4.78 is 11.0. The number of hydrogen-bond acceptors (Lipinski definition) is 8. The molecule has 166 valence electrons. The van der Waals surface area contributed by atoms with Gasteiger partial charge in [-0.05, 0) is 41.9 Å². The van der Waals surface area contributed by atoms with Crippen LogP contribution in [0.2, 0.25) is 0 Å². The van der Waals surface area contributed by atoms with E-state index < -0.39 is 16.9 Å². The number of aromatic nitrogens is 2. The third-order valence-corrected chi connectivity index (χ3v) is 5.90.